The third-order valence-electron chi connectivity index (χ3n) is 5.41. The highest BCUT2D eigenvalue weighted by molar-refractivity contribution is 5.92. The maximum Gasteiger partial charge on any atom is 0.342 e. The summed E-state index contributed by atoms with van der Waals surface area (Å²) in [4.78, 5) is 12.5. The first-order valence-electron chi connectivity index (χ1n) is 11.7. The molecule has 3 nitrogen and oxygen atoms in total. The van der Waals surface area contributed by atoms with Crippen molar-refractivity contribution in [1.29, 1.82) is 0 Å². The zero-order valence-corrected chi connectivity index (χ0v) is 18.3. The van der Waals surface area contributed by atoms with E-state index in [1.165, 1.54) is 76.7 Å². The molecular formula is C25H42O3. The van der Waals surface area contributed by atoms with Crippen LogP contribution in [0.5, 0.6) is 5.75 Å². The molecule has 1 atom stereocenters. The number of phenolic OH excluding ortho intramolecular Hbond substituents is 1. The molecule has 3 heteroatoms. The molecule has 0 saturated carbocycles. The summed E-state index contributed by atoms with van der Waals surface area (Å²) in [5.74, 6) is -0.390. The standard InChI is InChI=1S/C25H42O3/c1-3-5-7-9-11-13-15-19-22(18-14-12-10-8-6-4-2)28-25(27)23-20-16-17-21-24(23)26/h16-17,20-22,26H,3-15,18-19H2,1-2H3. The Morgan fingerprint density at radius 2 is 1.25 bits per heavy atom. The number of ether oxygens (including phenoxy) is 1. The lowest BCUT2D eigenvalue weighted by molar-refractivity contribution is 0.0246. The number of rotatable bonds is 17. The van der Waals surface area contributed by atoms with Gasteiger partial charge in [0.1, 0.15) is 17.4 Å². The van der Waals surface area contributed by atoms with Crippen LogP contribution in [0.15, 0.2) is 24.3 Å². The zero-order chi connectivity index (χ0) is 20.5. The van der Waals surface area contributed by atoms with Crippen LogP contribution < -0.4 is 0 Å². The van der Waals surface area contributed by atoms with Gasteiger partial charge >= 0.3 is 5.97 Å². The van der Waals surface area contributed by atoms with Crippen molar-refractivity contribution in [3.63, 3.8) is 0 Å². The largest absolute Gasteiger partial charge is 0.507 e. The van der Waals surface area contributed by atoms with E-state index < -0.39 is 5.97 Å². The van der Waals surface area contributed by atoms with Gasteiger partial charge in [-0.1, -0.05) is 96.6 Å². The van der Waals surface area contributed by atoms with Gasteiger partial charge in [0, 0.05) is 0 Å². The Morgan fingerprint density at radius 3 is 1.75 bits per heavy atom. The SMILES string of the molecule is CCCCCCCCCC(CCCCCCCC)OC(=O)c1ccccc1O. The molecule has 0 aliphatic rings. The minimum absolute atomic E-state index is 0.00161. The van der Waals surface area contributed by atoms with Gasteiger partial charge in [0.15, 0.2) is 0 Å². The number of hydrogen-bond donors (Lipinski definition) is 1. The summed E-state index contributed by atoms with van der Waals surface area (Å²) in [6.07, 6.45) is 18.2. The van der Waals surface area contributed by atoms with Gasteiger partial charge < -0.3 is 9.84 Å². The number of para-hydroxylation sites is 1. The predicted molar refractivity (Wildman–Crippen MR) is 118 cm³/mol. The second kappa shape index (κ2) is 16.4. The molecule has 0 heterocycles. The number of phenols is 1. The number of benzene rings is 1. The summed E-state index contributed by atoms with van der Waals surface area (Å²) in [6, 6.07) is 6.65. The van der Waals surface area contributed by atoms with Gasteiger partial charge in [-0.15, -0.1) is 0 Å². The second-order valence-electron chi connectivity index (χ2n) is 8.01. The summed E-state index contributed by atoms with van der Waals surface area (Å²) in [7, 11) is 0. The monoisotopic (exact) mass is 390 g/mol. The van der Waals surface area contributed by atoms with Gasteiger partial charge in [0.25, 0.3) is 0 Å². The summed E-state index contributed by atoms with van der Waals surface area (Å²) in [6.45, 7) is 4.47. The summed E-state index contributed by atoms with van der Waals surface area (Å²) in [5, 5.41) is 9.91. The van der Waals surface area contributed by atoms with Crippen LogP contribution in [0.1, 0.15) is 121 Å². The maximum absolute atomic E-state index is 12.5. The number of unbranched alkanes of at least 4 members (excludes halogenated alkanes) is 11. The van der Waals surface area contributed by atoms with E-state index in [2.05, 4.69) is 13.8 Å². The third-order valence-corrected chi connectivity index (χ3v) is 5.41. The number of carbonyl (C=O) groups excluding carboxylic acids is 1. The average Bonchev–Trinajstić information content (AvgIpc) is 2.69. The fourth-order valence-electron chi connectivity index (χ4n) is 3.60. The molecule has 28 heavy (non-hydrogen) atoms. The summed E-state index contributed by atoms with van der Waals surface area (Å²) < 4.78 is 5.79. The fraction of sp³-hybridized carbons (Fsp3) is 0.720. The Hall–Kier alpha value is -1.51. The van der Waals surface area contributed by atoms with Gasteiger partial charge in [-0.25, -0.2) is 4.79 Å². The van der Waals surface area contributed by atoms with Crippen LogP contribution in [0.25, 0.3) is 0 Å². The van der Waals surface area contributed by atoms with E-state index in [9.17, 15) is 9.90 Å². The van der Waals surface area contributed by atoms with Crippen LogP contribution in [-0.4, -0.2) is 17.2 Å². The van der Waals surface area contributed by atoms with E-state index in [4.69, 9.17) is 4.74 Å². The molecule has 0 saturated heterocycles. The van der Waals surface area contributed by atoms with E-state index in [0.717, 1.165) is 25.7 Å². The van der Waals surface area contributed by atoms with Crippen LogP contribution in [0.2, 0.25) is 0 Å². The molecule has 0 radical (unpaired) electrons. The van der Waals surface area contributed by atoms with Crippen molar-refractivity contribution in [2.45, 2.75) is 116 Å². The summed E-state index contributed by atoms with van der Waals surface area (Å²) in [5.41, 5.74) is 0.273. The van der Waals surface area contributed by atoms with Crippen molar-refractivity contribution in [2.24, 2.45) is 0 Å². The molecular weight excluding hydrogens is 348 g/mol. The van der Waals surface area contributed by atoms with Crippen LogP contribution >= 0.6 is 0 Å². The molecule has 0 bridgehead atoms. The van der Waals surface area contributed by atoms with E-state index >= 15 is 0 Å². The molecule has 0 spiro atoms. The quantitative estimate of drug-likeness (QED) is 0.218. The van der Waals surface area contributed by atoms with E-state index in [1.807, 2.05) is 0 Å². The maximum atomic E-state index is 12.5. The molecule has 1 aromatic carbocycles. The topological polar surface area (TPSA) is 46.5 Å². The van der Waals surface area contributed by atoms with Crippen LogP contribution in [-0.2, 0) is 4.74 Å². The highest BCUT2D eigenvalue weighted by Gasteiger charge is 2.18. The molecule has 160 valence electrons. The van der Waals surface area contributed by atoms with Crippen LogP contribution in [0.3, 0.4) is 0 Å². The van der Waals surface area contributed by atoms with Crippen molar-refractivity contribution in [3.05, 3.63) is 29.8 Å². The lowest BCUT2D eigenvalue weighted by Crippen LogP contribution is -2.18. The van der Waals surface area contributed by atoms with Gasteiger partial charge in [-0.2, -0.15) is 0 Å². The van der Waals surface area contributed by atoms with Crippen molar-refractivity contribution in [1.82, 2.24) is 0 Å². The molecule has 0 aromatic heterocycles. The summed E-state index contributed by atoms with van der Waals surface area (Å²) >= 11 is 0. The Balaban J connectivity index is 2.40. The minimum Gasteiger partial charge on any atom is -0.507 e. The first kappa shape index (κ1) is 24.5. The van der Waals surface area contributed by atoms with Gasteiger partial charge in [0.05, 0.1) is 0 Å². The smallest absolute Gasteiger partial charge is 0.342 e. The fourth-order valence-corrected chi connectivity index (χ4v) is 3.60. The lowest BCUT2D eigenvalue weighted by atomic mass is 10.0. The molecule has 1 rings (SSSR count). The second-order valence-corrected chi connectivity index (χ2v) is 8.01. The molecule has 0 aliphatic heterocycles. The van der Waals surface area contributed by atoms with Crippen molar-refractivity contribution in [2.75, 3.05) is 0 Å². The Morgan fingerprint density at radius 1 is 0.786 bits per heavy atom. The highest BCUT2D eigenvalue weighted by Crippen LogP contribution is 2.21. The first-order valence-corrected chi connectivity index (χ1v) is 11.7. The number of carbonyl (C=O) groups is 1. The van der Waals surface area contributed by atoms with Crippen molar-refractivity contribution >= 4 is 5.97 Å². The zero-order valence-electron chi connectivity index (χ0n) is 18.3. The minimum atomic E-state index is -0.392. The van der Waals surface area contributed by atoms with E-state index in [1.54, 1.807) is 18.2 Å². The van der Waals surface area contributed by atoms with E-state index in [-0.39, 0.29) is 17.4 Å². The predicted octanol–water partition coefficient (Wildman–Crippen LogP) is 7.81. The molecule has 0 aliphatic carbocycles. The molecule has 1 aromatic rings. The normalized spacial score (nSPS) is 12.1. The first-order chi connectivity index (χ1) is 13.7. The van der Waals surface area contributed by atoms with Crippen molar-refractivity contribution < 1.29 is 14.6 Å². The van der Waals surface area contributed by atoms with E-state index in [0.29, 0.717) is 0 Å². The average molecular weight is 391 g/mol. The Kier molecular flexibility index (Phi) is 14.4. The van der Waals surface area contributed by atoms with Gasteiger partial charge in [0.2, 0.25) is 0 Å². The Bertz CT molecular complexity index is 512. The van der Waals surface area contributed by atoms with Crippen LogP contribution in [0.4, 0.5) is 0 Å². The number of esters is 1. The number of aromatic hydroxyl groups is 1. The van der Waals surface area contributed by atoms with Crippen LogP contribution in [0, 0.1) is 0 Å². The highest BCUT2D eigenvalue weighted by atomic mass is 16.5. The molecule has 0 fully saturated rings. The van der Waals surface area contributed by atoms with Gasteiger partial charge in [-0.3, -0.25) is 0 Å². The molecule has 1 unspecified atom stereocenters. The third kappa shape index (κ3) is 11.4. The lowest BCUT2D eigenvalue weighted by Gasteiger charge is -2.18. The molecule has 1 N–H and O–H groups in total. The molecule has 0 amide bonds. The van der Waals surface area contributed by atoms with Gasteiger partial charge in [-0.05, 0) is 37.8 Å². The number of hydrogen-bond acceptors (Lipinski definition) is 3. The Labute approximate surface area is 172 Å². The van der Waals surface area contributed by atoms with Crippen molar-refractivity contribution in [3.8, 4) is 5.75 Å².